The topological polar surface area (TPSA) is 41.1 Å². The van der Waals surface area contributed by atoms with Gasteiger partial charge < -0.3 is 10.2 Å². The highest BCUT2D eigenvalue weighted by atomic mass is 35.5. The van der Waals surface area contributed by atoms with Gasteiger partial charge in [0.05, 0.1) is 17.4 Å². The Hall–Kier alpha value is -0.870. The average molecular weight is 227 g/mol. The van der Waals surface area contributed by atoms with Crippen molar-refractivity contribution in [3.63, 3.8) is 0 Å². The Bertz CT molecular complexity index is 308. The van der Waals surface area contributed by atoms with Crippen molar-refractivity contribution in [1.82, 2.24) is 15.3 Å². The minimum atomic E-state index is 0.486. The van der Waals surface area contributed by atoms with Crippen LogP contribution in [0, 0.1) is 0 Å². The van der Waals surface area contributed by atoms with Gasteiger partial charge in [0.2, 0.25) is 5.95 Å². The fraction of sp³-hybridized carbons (Fsp3) is 0.600. The van der Waals surface area contributed by atoms with Gasteiger partial charge in [0.25, 0.3) is 0 Å². The number of hydrogen-bond donors (Lipinski definition) is 1. The lowest BCUT2D eigenvalue weighted by Gasteiger charge is -2.31. The molecule has 0 bridgehead atoms. The van der Waals surface area contributed by atoms with Gasteiger partial charge in [0.15, 0.2) is 0 Å². The quantitative estimate of drug-likeness (QED) is 0.826. The molecular weight excluding hydrogens is 212 g/mol. The van der Waals surface area contributed by atoms with Crippen molar-refractivity contribution in [2.45, 2.75) is 18.9 Å². The second-order valence-electron chi connectivity index (χ2n) is 3.81. The van der Waals surface area contributed by atoms with E-state index in [0.717, 1.165) is 19.0 Å². The first-order chi connectivity index (χ1) is 7.27. The van der Waals surface area contributed by atoms with E-state index in [4.69, 9.17) is 11.6 Å². The molecule has 0 amide bonds. The first-order valence-corrected chi connectivity index (χ1v) is 5.56. The third kappa shape index (κ3) is 2.58. The van der Waals surface area contributed by atoms with Crippen molar-refractivity contribution in [3.05, 3.63) is 17.4 Å². The number of likely N-dealkylation sites (N-methyl/N-ethyl adjacent to an activating group) is 1. The van der Waals surface area contributed by atoms with Gasteiger partial charge >= 0.3 is 0 Å². The summed E-state index contributed by atoms with van der Waals surface area (Å²) in [4.78, 5) is 10.5. The standard InChI is InChI=1S/C10H15ClN4/c1-15(9-3-2-4-12-7-9)10-13-5-8(11)6-14-10/h5-6,9,12H,2-4,7H2,1H3/t9-/m1/s1. The molecular formula is C10H15ClN4. The smallest absolute Gasteiger partial charge is 0.225 e. The predicted octanol–water partition coefficient (Wildman–Crippen LogP) is 1.32. The number of aromatic nitrogens is 2. The summed E-state index contributed by atoms with van der Waals surface area (Å²) in [6.07, 6.45) is 5.67. The molecule has 1 aliphatic heterocycles. The van der Waals surface area contributed by atoms with Gasteiger partial charge in [-0.15, -0.1) is 0 Å². The molecule has 1 aromatic heterocycles. The number of nitrogens with zero attached hydrogens (tertiary/aromatic N) is 3. The highest BCUT2D eigenvalue weighted by Gasteiger charge is 2.19. The Morgan fingerprint density at radius 2 is 2.20 bits per heavy atom. The maximum absolute atomic E-state index is 5.75. The summed E-state index contributed by atoms with van der Waals surface area (Å²) >= 11 is 5.75. The van der Waals surface area contributed by atoms with E-state index in [1.54, 1.807) is 12.4 Å². The van der Waals surface area contributed by atoms with Crippen LogP contribution in [0.2, 0.25) is 5.02 Å². The number of nitrogens with one attached hydrogen (secondary N) is 1. The van der Waals surface area contributed by atoms with Crippen LogP contribution >= 0.6 is 11.6 Å². The minimum absolute atomic E-state index is 0.486. The molecule has 0 unspecified atom stereocenters. The molecule has 0 radical (unpaired) electrons. The van der Waals surface area contributed by atoms with Gasteiger partial charge in [-0.2, -0.15) is 0 Å². The molecule has 0 aliphatic carbocycles. The first-order valence-electron chi connectivity index (χ1n) is 5.18. The van der Waals surface area contributed by atoms with Crippen LogP contribution in [0.5, 0.6) is 0 Å². The summed E-state index contributed by atoms with van der Waals surface area (Å²) in [6, 6.07) is 0.486. The van der Waals surface area contributed by atoms with Crippen molar-refractivity contribution >= 4 is 17.5 Å². The maximum atomic E-state index is 5.75. The molecule has 82 valence electrons. The second kappa shape index (κ2) is 4.77. The Morgan fingerprint density at radius 1 is 1.47 bits per heavy atom. The van der Waals surface area contributed by atoms with Crippen molar-refractivity contribution < 1.29 is 0 Å². The molecule has 0 aromatic carbocycles. The molecule has 2 heterocycles. The number of anilines is 1. The monoisotopic (exact) mass is 226 g/mol. The van der Waals surface area contributed by atoms with Crippen LogP contribution in [0.3, 0.4) is 0 Å². The first kappa shape index (κ1) is 10.6. The van der Waals surface area contributed by atoms with E-state index in [1.165, 1.54) is 12.8 Å². The van der Waals surface area contributed by atoms with E-state index in [-0.39, 0.29) is 0 Å². The van der Waals surface area contributed by atoms with Crippen molar-refractivity contribution in [2.24, 2.45) is 0 Å². The molecule has 0 saturated carbocycles. The number of piperidine rings is 1. The molecule has 1 atom stereocenters. The maximum Gasteiger partial charge on any atom is 0.225 e. The van der Waals surface area contributed by atoms with Crippen LogP contribution in [0.4, 0.5) is 5.95 Å². The largest absolute Gasteiger partial charge is 0.340 e. The zero-order valence-corrected chi connectivity index (χ0v) is 9.54. The summed E-state index contributed by atoms with van der Waals surface area (Å²) in [5.74, 6) is 0.744. The molecule has 0 spiro atoms. The molecule has 4 nitrogen and oxygen atoms in total. The van der Waals surface area contributed by atoms with Gasteiger partial charge in [-0.25, -0.2) is 9.97 Å². The summed E-state index contributed by atoms with van der Waals surface area (Å²) < 4.78 is 0. The third-order valence-corrected chi connectivity index (χ3v) is 2.94. The third-order valence-electron chi connectivity index (χ3n) is 2.74. The highest BCUT2D eigenvalue weighted by molar-refractivity contribution is 6.30. The average Bonchev–Trinajstić information content (AvgIpc) is 2.30. The zero-order valence-electron chi connectivity index (χ0n) is 8.78. The molecule has 5 heteroatoms. The van der Waals surface area contributed by atoms with Crippen LogP contribution in [-0.2, 0) is 0 Å². The molecule has 2 rings (SSSR count). The van der Waals surface area contributed by atoms with Gasteiger partial charge in [0.1, 0.15) is 0 Å². The van der Waals surface area contributed by atoms with E-state index in [9.17, 15) is 0 Å². The highest BCUT2D eigenvalue weighted by Crippen LogP contribution is 2.15. The lowest BCUT2D eigenvalue weighted by Crippen LogP contribution is -2.44. The van der Waals surface area contributed by atoms with Crippen LogP contribution in [0.15, 0.2) is 12.4 Å². The molecule has 1 N–H and O–H groups in total. The number of hydrogen-bond acceptors (Lipinski definition) is 4. The van der Waals surface area contributed by atoms with E-state index in [1.807, 2.05) is 7.05 Å². The lowest BCUT2D eigenvalue weighted by atomic mass is 10.1. The van der Waals surface area contributed by atoms with E-state index in [0.29, 0.717) is 11.1 Å². The summed E-state index contributed by atoms with van der Waals surface area (Å²) in [7, 11) is 2.03. The van der Waals surface area contributed by atoms with Gasteiger partial charge in [-0.05, 0) is 19.4 Å². The fourth-order valence-electron chi connectivity index (χ4n) is 1.81. The van der Waals surface area contributed by atoms with Crippen LogP contribution in [0.25, 0.3) is 0 Å². The Balaban J connectivity index is 2.05. The number of halogens is 1. The Morgan fingerprint density at radius 3 is 2.80 bits per heavy atom. The van der Waals surface area contributed by atoms with Crippen LogP contribution in [-0.4, -0.2) is 36.1 Å². The van der Waals surface area contributed by atoms with Gasteiger partial charge in [-0.1, -0.05) is 11.6 Å². The molecule has 15 heavy (non-hydrogen) atoms. The van der Waals surface area contributed by atoms with Gasteiger partial charge in [0, 0.05) is 19.6 Å². The second-order valence-corrected chi connectivity index (χ2v) is 4.25. The summed E-state index contributed by atoms with van der Waals surface area (Å²) in [5, 5.41) is 3.95. The normalized spacial score (nSPS) is 21.3. The Labute approximate surface area is 94.7 Å². The molecule has 1 aromatic rings. The van der Waals surface area contributed by atoms with E-state index < -0.39 is 0 Å². The predicted molar refractivity (Wildman–Crippen MR) is 61.3 cm³/mol. The molecule has 1 fully saturated rings. The molecule has 1 aliphatic rings. The number of rotatable bonds is 2. The molecule has 1 saturated heterocycles. The minimum Gasteiger partial charge on any atom is -0.340 e. The van der Waals surface area contributed by atoms with Crippen molar-refractivity contribution in [2.75, 3.05) is 25.0 Å². The van der Waals surface area contributed by atoms with E-state index >= 15 is 0 Å². The summed E-state index contributed by atoms with van der Waals surface area (Å²) in [6.45, 7) is 2.12. The summed E-state index contributed by atoms with van der Waals surface area (Å²) in [5.41, 5.74) is 0. The SMILES string of the molecule is CN(c1ncc(Cl)cn1)[C@@H]1CCCNC1. The van der Waals surface area contributed by atoms with Crippen molar-refractivity contribution in [3.8, 4) is 0 Å². The van der Waals surface area contributed by atoms with Gasteiger partial charge in [-0.3, -0.25) is 0 Å². The fourth-order valence-corrected chi connectivity index (χ4v) is 1.91. The van der Waals surface area contributed by atoms with Crippen molar-refractivity contribution in [1.29, 1.82) is 0 Å². The Kier molecular flexibility index (Phi) is 3.38. The van der Waals surface area contributed by atoms with E-state index in [2.05, 4.69) is 20.2 Å². The van der Waals surface area contributed by atoms with Crippen LogP contribution in [0.1, 0.15) is 12.8 Å². The van der Waals surface area contributed by atoms with Crippen LogP contribution < -0.4 is 10.2 Å². The zero-order chi connectivity index (χ0) is 10.7. The lowest BCUT2D eigenvalue weighted by molar-refractivity contribution is 0.441.